The first-order valence-corrected chi connectivity index (χ1v) is 26.1. The first-order chi connectivity index (χ1) is 23.7. The molecule has 0 aromatic carbocycles. The second-order valence-corrected chi connectivity index (χ2v) is 28.3. The van der Waals surface area contributed by atoms with Gasteiger partial charge in [-0.15, -0.1) is 23.2 Å². The molecule has 10 aliphatic rings. The molecule has 8 bridgehead atoms. The summed E-state index contributed by atoms with van der Waals surface area (Å²) in [6.07, 6.45) is 15.4. The highest BCUT2D eigenvalue weighted by Gasteiger charge is 2.62. The molecule has 4 N–H and O–H groups in total. The van der Waals surface area contributed by atoms with E-state index in [-0.39, 0.29) is 11.1 Å². The second kappa shape index (κ2) is 13.3. The third kappa shape index (κ3) is 6.77. The van der Waals surface area contributed by atoms with Gasteiger partial charge in [0.1, 0.15) is 10.6 Å². The molecule has 16 heteroatoms. The minimum atomic E-state index is -3.21. The first-order valence-electron chi connectivity index (χ1n) is 18.7. The number of nitrogens with zero attached hydrogens (tertiary/aromatic N) is 4. The van der Waals surface area contributed by atoms with Crippen molar-refractivity contribution in [1.29, 1.82) is 0 Å². The van der Waals surface area contributed by atoms with Crippen LogP contribution in [0.5, 0.6) is 0 Å². The molecule has 8 saturated carbocycles. The molecule has 0 aromatic rings. The summed E-state index contributed by atoms with van der Waals surface area (Å²) in [4.78, 5) is 10.3. The zero-order chi connectivity index (χ0) is 35.2. The minimum absolute atomic E-state index is 0.116. The van der Waals surface area contributed by atoms with Gasteiger partial charge in [-0.25, -0.2) is 9.98 Å². The molecule has 0 saturated heterocycles. The number of hydrogen-bond acceptors (Lipinski definition) is 10. The van der Waals surface area contributed by atoms with Crippen LogP contribution in [-0.4, -0.2) is 55.2 Å². The lowest BCUT2D eigenvalue weighted by atomic mass is 9.53. The standard InChI is InChI=1S/C34H54Cl2N8O2P2S2/c1-21(19-35)39-41-29-37-31(3,47(45,49-29)43-33-13-23-7-24(14-33)9-25(8-23)15-33)5-6-32(4)38-30(42-40-22(2)20-36)50-48(32,46)44-34-16-26-10-27(17-34)12-28(11-26)18-34/h23-28H,5-20H2,1-4H3,(H,37,41)(H,38,42)(H,43,45)(H,44,46)/b39-21-,40-22-. The fraction of sp³-hybridized carbons (Fsp3) is 0.882. The van der Waals surface area contributed by atoms with Gasteiger partial charge in [0.2, 0.25) is 13.0 Å². The van der Waals surface area contributed by atoms with Gasteiger partial charge in [-0.1, -0.05) is 0 Å². The van der Waals surface area contributed by atoms with Crippen LogP contribution in [0, 0.1) is 35.5 Å². The summed E-state index contributed by atoms with van der Waals surface area (Å²) in [5.41, 5.74) is 7.44. The van der Waals surface area contributed by atoms with E-state index in [1.165, 1.54) is 61.3 Å². The Bertz CT molecular complexity index is 1440. The number of aliphatic imine (C=N–C) groups is 2. The Balaban J connectivity index is 1.09. The highest BCUT2D eigenvalue weighted by atomic mass is 35.5. The molecule has 8 fully saturated rings. The number of alkyl halides is 2. The molecule has 8 aliphatic carbocycles. The zero-order valence-corrected chi connectivity index (χ0v) is 34.8. The van der Waals surface area contributed by atoms with Crippen LogP contribution in [0.4, 0.5) is 0 Å². The van der Waals surface area contributed by atoms with Crippen molar-refractivity contribution in [2.75, 3.05) is 11.8 Å². The normalized spacial score (nSPS) is 49.1. The number of halogens is 2. The van der Waals surface area contributed by atoms with Crippen molar-refractivity contribution in [2.45, 2.75) is 139 Å². The maximum Gasteiger partial charge on any atom is 0.235 e. The van der Waals surface area contributed by atoms with Crippen LogP contribution in [0.2, 0.25) is 0 Å². The largest absolute Gasteiger partial charge is 0.292 e. The van der Waals surface area contributed by atoms with Gasteiger partial charge in [0, 0.05) is 22.5 Å². The summed E-state index contributed by atoms with van der Waals surface area (Å²) < 4.78 is 31.1. The maximum absolute atomic E-state index is 15.6. The summed E-state index contributed by atoms with van der Waals surface area (Å²) >= 11 is 14.7. The zero-order valence-electron chi connectivity index (χ0n) is 29.9. The van der Waals surface area contributed by atoms with Crippen LogP contribution in [0.25, 0.3) is 0 Å². The van der Waals surface area contributed by atoms with Crippen molar-refractivity contribution in [3.8, 4) is 0 Å². The van der Waals surface area contributed by atoms with Crippen LogP contribution in [-0.2, 0) is 9.13 Å². The molecule has 50 heavy (non-hydrogen) atoms. The monoisotopic (exact) mass is 802 g/mol. The molecule has 0 radical (unpaired) electrons. The number of amidine groups is 2. The number of hydrogen-bond donors (Lipinski definition) is 4. The predicted octanol–water partition coefficient (Wildman–Crippen LogP) is 9.32. The molecule has 2 aliphatic heterocycles. The Hall–Kier alpha value is -0.0600. The Kier molecular flexibility index (Phi) is 9.82. The quantitative estimate of drug-likeness (QED) is 0.0704. The fourth-order valence-electron chi connectivity index (χ4n) is 11.8. The smallest absolute Gasteiger partial charge is 0.235 e. The van der Waals surface area contributed by atoms with Crippen LogP contribution in [0.1, 0.15) is 118 Å². The van der Waals surface area contributed by atoms with Gasteiger partial charge < -0.3 is 0 Å². The van der Waals surface area contributed by atoms with Gasteiger partial charge in [-0.2, -0.15) is 10.2 Å². The van der Waals surface area contributed by atoms with E-state index in [1.54, 1.807) is 0 Å². The number of nitrogens with one attached hydrogen (secondary N) is 4. The lowest BCUT2D eigenvalue weighted by Gasteiger charge is -2.58. The van der Waals surface area contributed by atoms with Gasteiger partial charge in [0.05, 0.1) is 11.8 Å². The van der Waals surface area contributed by atoms with Crippen LogP contribution in [0.15, 0.2) is 20.2 Å². The average Bonchev–Trinajstić information content (AvgIpc) is 3.42. The fourth-order valence-corrected chi connectivity index (χ4v) is 22.6. The van der Waals surface area contributed by atoms with Crippen LogP contribution >= 0.6 is 59.0 Å². The number of rotatable bonds is 11. The number of hydrazone groups is 2. The van der Waals surface area contributed by atoms with E-state index in [9.17, 15) is 0 Å². The minimum Gasteiger partial charge on any atom is -0.292 e. The molecule has 0 amide bonds. The SMILES string of the molecule is C/C(CCl)=N/NC1=NC(C)(CCC2(C)N=C(N/N=C(/C)CCl)SP2(=O)NC23CC4CC(CC(C4)C2)C3)P(=O)(NC23CC4CC(CC(C4)C2)C3)S1. The van der Waals surface area contributed by atoms with E-state index in [1.807, 2.05) is 27.7 Å². The van der Waals surface area contributed by atoms with E-state index in [2.05, 4.69) is 31.2 Å². The third-order valence-electron chi connectivity index (χ3n) is 13.4. The van der Waals surface area contributed by atoms with E-state index >= 15 is 9.13 Å². The lowest BCUT2D eigenvalue weighted by molar-refractivity contribution is -0.00881. The third-order valence-corrected chi connectivity index (χ3v) is 25.6. The molecule has 278 valence electrons. The van der Waals surface area contributed by atoms with Crippen LogP contribution in [0.3, 0.4) is 0 Å². The Labute approximate surface area is 315 Å². The predicted molar refractivity (Wildman–Crippen MR) is 213 cm³/mol. The van der Waals surface area contributed by atoms with Gasteiger partial charge in [-0.3, -0.25) is 30.2 Å². The molecule has 4 atom stereocenters. The maximum atomic E-state index is 15.6. The van der Waals surface area contributed by atoms with Crippen molar-refractivity contribution in [2.24, 2.45) is 55.7 Å². The Morgan fingerprint density at radius 1 is 0.660 bits per heavy atom. The molecule has 2 heterocycles. The van der Waals surface area contributed by atoms with E-state index < -0.39 is 23.5 Å². The van der Waals surface area contributed by atoms with Crippen molar-refractivity contribution >= 4 is 80.7 Å². The van der Waals surface area contributed by atoms with Crippen molar-refractivity contribution in [3.05, 3.63) is 0 Å². The lowest BCUT2D eigenvalue weighted by Crippen LogP contribution is -2.58. The van der Waals surface area contributed by atoms with Gasteiger partial charge >= 0.3 is 0 Å². The molecule has 0 spiro atoms. The summed E-state index contributed by atoms with van der Waals surface area (Å²) in [5, 5.41) is 15.9. The van der Waals surface area contributed by atoms with Crippen LogP contribution < -0.4 is 21.0 Å². The van der Waals surface area contributed by atoms with Crippen molar-refractivity contribution in [3.63, 3.8) is 0 Å². The van der Waals surface area contributed by atoms with Gasteiger partial charge in [0.25, 0.3) is 0 Å². The molecule has 10 rings (SSSR count). The summed E-state index contributed by atoms with van der Waals surface area (Å²) in [6.45, 7) is 1.36. The molecule has 0 aromatic heterocycles. The molecular weight excluding hydrogens is 749 g/mol. The average molecular weight is 804 g/mol. The Morgan fingerprint density at radius 2 is 0.960 bits per heavy atom. The highest BCUT2D eigenvalue weighted by Crippen LogP contribution is 2.77. The van der Waals surface area contributed by atoms with Crippen molar-refractivity contribution < 1.29 is 9.13 Å². The topological polar surface area (TPSA) is 132 Å². The highest BCUT2D eigenvalue weighted by molar-refractivity contribution is 8.66. The van der Waals surface area contributed by atoms with E-state index in [0.717, 1.165) is 85.5 Å². The Morgan fingerprint density at radius 3 is 1.24 bits per heavy atom. The first kappa shape index (κ1) is 36.9. The summed E-state index contributed by atoms with van der Waals surface area (Å²) in [6, 6.07) is 0. The molecule has 4 unspecified atom stereocenters. The second-order valence-electron chi connectivity index (χ2n) is 17.9. The van der Waals surface area contributed by atoms with E-state index in [0.29, 0.717) is 34.9 Å². The molecule has 10 nitrogen and oxygen atoms in total. The summed E-state index contributed by atoms with van der Waals surface area (Å²) in [7, 11) is 0. The summed E-state index contributed by atoms with van der Waals surface area (Å²) in [5.74, 6) is 4.91. The van der Waals surface area contributed by atoms with Gasteiger partial charge in [0.15, 0.2) is 10.3 Å². The molecular formula is C34H54Cl2N8O2P2S2. The van der Waals surface area contributed by atoms with Gasteiger partial charge in [-0.05, 0) is 176 Å². The van der Waals surface area contributed by atoms with Crippen molar-refractivity contribution in [1.82, 2.24) is 21.0 Å². The van der Waals surface area contributed by atoms with E-state index in [4.69, 9.17) is 33.2 Å².